The van der Waals surface area contributed by atoms with Gasteiger partial charge >= 0.3 is 26.1 Å². The van der Waals surface area contributed by atoms with Crippen LogP contribution in [0, 0.1) is 0 Å². The molecule has 0 spiro atoms. The van der Waals surface area contributed by atoms with Crippen molar-refractivity contribution in [1.29, 1.82) is 0 Å². The van der Waals surface area contributed by atoms with Gasteiger partial charge in [0.05, 0.1) is 9.93 Å². The van der Waals surface area contributed by atoms with Crippen molar-refractivity contribution < 1.29 is 43.0 Å². The molecule has 9 nitrogen and oxygen atoms in total. The van der Waals surface area contributed by atoms with E-state index in [1.165, 1.54) is 0 Å². The second-order valence-corrected chi connectivity index (χ2v) is 8.62. The van der Waals surface area contributed by atoms with Crippen molar-refractivity contribution >= 4 is 26.1 Å². The maximum absolute atomic E-state index is 12.7. The summed E-state index contributed by atoms with van der Waals surface area (Å²) in [6, 6.07) is -4.08. The van der Waals surface area contributed by atoms with Gasteiger partial charge in [-0.1, -0.05) is 0 Å². The van der Waals surface area contributed by atoms with Crippen molar-refractivity contribution in [2.45, 2.75) is 26.1 Å². The minimum atomic E-state index is -4.97. The van der Waals surface area contributed by atoms with Crippen molar-refractivity contribution in [2.75, 3.05) is 18.6 Å². The molecule has 136 valence electrons. The Bertz CT molecular complexity index is 798. The summed E-state index contributed by atoms with van der Waals surface area (Å²) in [4.78, 5) is 0. The maximum atomic E-state index is 12.7. The van der Waals surface area contributed by atoms with Crippen LogP contribution < -0.4 is 4.57 Å². The Morgan fingerprint density at radius 3 is 2.42 bits per heavy atom. The van der Waals surface area contributed by atoms with Crippen molar-refractivity contribution in [3.05, 3.63) is 18.7 Å². The predicted octanol–water partition coefficient (Wildman–Crippen LogP) is -0.907. The highest BCUT2D eigenvalue weighted by Crippen LogP contribution is 2.13. The lowest BCUT2D eigenvalue weighted by Gasteiger charge is -2.03. The third-order valence-corrected chi connectivity index (χ3v) is 6.34. The van der Waals surface area contributed by atoms with Crippen molar-refractivity contribution in [3.63, 3.8) is 0 Å². The molecule has 0 aromatic carbocycles. The van der Waals surface area contributed by atoms with Crippen LogP contribution in [0.1, 0.15) is 6.92 Å². The summed E-state index contributed by atoms with van der Waals surface area (Å²) < 4.78 is 85.0. The van der Waals surface area contributed by atoms with Gasteiger partial charge in [-0.15, -0.1) is 0 Å². The third kappa shape index (κ3) is 3.83. The molecular weight excluding hydrogens is 372 g/mol. The van der Waals surface area contributed by atoms with Gasteiger partial charge in [0.15, 0.2) is 6.10 Å². The van der Waals surface area contributed by atoms with Gasteiger partial charge < -0.3 is 9.47 Å². The SMILES string of the molecule is CCn1cc[n+](CC2COC(=[N+](S(=O)(=O)CF)S(=O)(=O)CF)O2)c1. The number of hydrogen-bond donors (Lipinski definition) is 0. The van der Waals surface area contributed by atoms with Crippen molar-refractivity contribution in [3.8, 4) is 0 Å². The quantitative estimate of drug-likeness (QED) is 0.560. The maximum Gasteiger partial charge on any atom is 0.586 e. The van der Waals surface area contributed by atoms with E-state index in [1.807, 2.05) is 11.5 Å². The predicted molar refractivity (Wildman–Crippen MR) is 76.2 cm³/mol. The fourth-order valence-electron chi connectivity index (χ4n) is 2.02. The average Bonchev–Trinajstić information content (AvgIpc) is 3.17. The fraction of sp³-hybridized carbons (Fsp3) is 0.636. The lowest BCUT2D eigenvalue weighted by molar-refractivity contribution is -0.702. The number of alkyl halides is 2. The summed E-state index contributed by atoms with van der Waals surface area (Å²) in [6.07, 6.45) is 3.61. The molecule has 13 heteroatoms. The lowest BCUT2D eigenvalue weighted by atomic mass is 10.4. The van der Waals surface area contributed by atoms with E-state index >= 15 is 0 Å². The van der Waals surface area contributed by atoms with Gasteiger partial charge in [0.1, 0.15) is 25.5 Å². The van der Waals surface area contributed by atoms with Crippen LogP contribution in [-0.4, -0.2) is 55.6 Å². The number of aromatic nitrogens is 2. The number of imidazole rings is 1. The minimum absolute atomic E-state index is 0.167. The summed E-state index contributed by atoms with van der Waals surface area (Å²) >= 11 is 0. The number of sulfonamides is 2. The number of halogens is 2. The first-order valence-corrected chi connectivity index (χ1v) is 10.0. The van der Waals surface area contributed by atoms with E-state index in [2.05, 4.69) is 0 Å². The van der Waals surface area contributed by atoms with Gasteiger partial charge in [-0.3, -0.25) is 0 Å². The van der Waals surface area contributed by atoms with Crippen LogP contribution in [0.3, 0.4) is 0 Å². The van der Waals surface area contributed by atoms with Crippen LogP contribution in [0.4, 0.5) is 8.78 Å². The second kappa shape index (κ2) is 7.01. The van der Waals surface area contributed by atoms with Crippen LogP contribution in [0.5, 0.6) is 0 Å². The van der Waals surface area contributed by atoms with Crippen LogP contribution in [0.2, 0.25) is 0 Å². The lowest BCUT2D eigenvalue weighted by Crippen LogP contribution is -2.40. The Kier molecular flexibility index (Phi) is 5.42. The number of ether oxygens (including phenoxy) is 2. The molecule has 2 rings (SSSR count). The van der Waals surface area contributed by atoms with Gasteiger partial charge in [-0.25, -0.2) is 17.9 Å². The highest BCUT2D eigenvalue weighted by molar-refractivity contribution is 7.97. The van der Waals surface area contributed by atoms with Crippen molar-refractivity contribution in [1.82, 2.24) is 4.57 Å². The zero-order valence-corrected chi connectivity index (χ0v) is 14.3. The molecule has 1 aromatic heterocycles. The molecule has 1 fully saturated rings. The van der Waals surface area contributed by atoms with Gasteiger partial charge in [-0.2, -0.15) is 16.8 Å². The first kappa shape index (κ1) is 18.6. The number of hydrogen-bond acceptors (Lipinski definition) is 6. The van der Waals surface area contributed by atoms with Gasteiger partial charge in [0, 0.05) is 0 Å². The zero-order chi connectivity index (χ0) is 18.0. The van der Waals surface area contributed by atoms with Crippen molar-refractivity contribution in [2.24, 2.45) is 0 Å². The Hall–Kier alpha value is -1.76. The van der Waals surface area contributed by atoms with E-state index < -0.39 is 47.6 Å². The number of rotatable bonds is 7. The fourth-order valence-corrected chi connectivity index (χ4v) is 4.46. The Labute approximate surface area is 137 Å². The largest absolute Gasteiger partial charge is 0.586 e. The third-order valence-electron chi connectivity index (χ3n) is 3.12. The molecule has 0 saturated carbocycles. The molecule has 1 saturated heterocycles. The molecular formula is C11H17F2N3O6S2+2. The van der Waals surface area contributed by atoms with Crippen LogP contribution in [0.15, 0.2) is 18.7 Å². The molecule has 0 bridgehead atoms. The Morgan fingerprint density at radius 1 is 1.29 bits per heavy atom. The average molecular weight is 389 g/mol. The van der Waals surface area contributed by atoms with E-state index in [9.17, 15) is 25.6 Å². The van der Waals surface area contributed by atoms with E-state index in [1.54, 1.807) is 23.3 Å². The first-order chi connectivity index (χ1) is 11.2. The molecule has 1 unspecified atom stereocenters. The Balaban J connectivity index is 2.28. The molecule has 1 aromatic rings. The summed E-state index contributed by atoms with van der Waals surface area (Å²) in [6.45, 7) is 2.74. The second-order valence-electron chi connectivity index (χ2n) is 4.90. The summed E-state index contributed by atoms with van der Waals surface area (Å²) in [5, 5.41) is 0. The molecule has 0 amide bonds. The molecule has 1 atom stereocenters. The van der Waals surface area contributed by atoms with E-state index in [0.29, 0.717) is 0 Å². The first-order valence-electron chi connectivity index (χ1n) is 6.82. The molecule has 1 aliphatic rings. The molecule has 24 heavy (non-hydrogen) atoms. The number of nitrogens with zero attached hydrogens (tertiary/aromatic N) is 3. The summed E-state index contributed by atoms with van der Waals surface area (Å²) in [7, 11) is -9.94. The molecule has 1 aliphatic heterocycles. The summed E-state index contributed by atoms with van der Waals surface area (Å²) in [5.74, 6) is 0. The normalized spacial score (nSPS) is 18.3. The topological polar surface area (TPSA) is 98.6 Å². The van der Waals surface area contributed by atoms with E-state index in [-0.39, 0.29) is 13.2 Å². The van der Waals surface area contributed by atoms with Gasteiger partial charge in [0.2, 0.25) is 6.33 Å². The molecule has 2 heterocycles. The van der Waals surface area contributed by atoms with E-state index in [0.717, 1.165) is 6.54 Å². The highest BCUT2D eigenvalue weighted by atomic mass is 32.3. The molecule has 0 N–H and O–H groups in total. The monoisotopic (exact) mass is 389 g/mol. The van der Waals surface area contributed by atoms with Crippen LogP contribution in [0.25, 0.3) is 0 Å². The van der Waals surface area contributed by atoms with Crippen LogP contribution >= 0.6 is 0 Å². The number of aryl methyl sites for hydroxylation is 1. The summed E-state index contributed by atoms with van der Waals surface area (Å²) in [5.41, 5.74) is 0. The molecule has 0 radical (unpaired) electrons. The van der Waals surface area contributed by atoms with Gasteiger partial charge in [0.25, 0.3) is 12.0 Å². The van der Waals surface area contributed by atoms with Crippen LogP contribution in [-0.2, 0) is 42.6 Å². The highest BCUT2D eigenvalue weighted by Gasteiger charge is 2.48. The zero-order valence-electron chi connectivity index (χ0n) is 12.7. The smallest absolute Gasteiger partial charge is 0.409 e. The Morgan fingerprint density at radius 2 is 1.92 bits per heavy atom. The molecule has 0 aliphatic carbocycles. The minimum Gasteiger partial charge on any atom is -0.409 e. The standard InChI is InChI=1S/C11H17F2N3O6S2/c1-2-14-3-4-15(9-14)5-10-6-21-11(22-10)16(23(17,18)7-12)24(19,20)8-13/h3-4,9-10H,2,5-8H2,1H3/q+2. The van der Waals surface area contributed by atoms with E-state index in [4.69, 9.17) is 9.47 Å². The van der Waals surface area contributed by atoms with Gasteiger partial charge in [-0.05, 0) is 6.92 Å².